The molecular formula is C16H16F3N3O4S. The van der Waals surface area contributed by atoms with Crippen LogP contribution in [0.1, 0.15) is 22.5 Å². The molecule has 2 aromatic rings. The number of benzene rings is 1. The van der Waals surface area contributed by atoms with Crippen molar-refractivity contribution < 1.29 is 31.1 Å². The van der Waals surface area contributed by atoms with Gasteiger partial charge in [-0.3, -0.25) is 4.79 Å². The number of halogens is 3. The largest absolute Gasteiger partial charge is 0.471 e. The molecule has 1 N–H and O–H groups in total. The highest BCUT2D eigenvalue weighted by Gasteiger charge is 2.31. The minimum Gasteiger partial charge on any atom is -0.471 e. The summed E-state index contributed by atoms with van der Waals surface area (Å²) in [5.74, 6) is -0.563. The number of sulfone groups is 1. The summed E-state index contributed by atoms with van der Waals surface area (Å²) in [6.45, 7) is -0.188. The van der Waals surface area contributed by atoms with E-state index in [1.807, 2.05) is 0 Å². The summed E-state index contributed by atoms with van der Waals surface area (Å²) in [5.41, 5.74) is -0.765. The van der Waals surface area contributed by atoms with Crippen molar-refractivity contribution >= 4 is 15.7 Å². The highest BCUT2D eigenvalue weighted by molar-refractivity contribution is 7.91. The smallest absolute Gasteiger partial charge is 0.416 e. The van der Waals surface area contributed by atoms with E-state index in [9.17, 15) is 26.4 Å². The zero-order chi connectivity index (χ0) is 19.7. The normalized spacial score (nSPS) is 19.0. The van der Waals surface area contributed by atoms with E-state index in [1.54, 1.807) is 0 Å². The Bertz CT molecular complexity index is 940. The summed E-state index contributed by atoms with van der Waals surface area (Å²) < 4.78 is 67.4. The van der Waals surface area contributed by atoms with Crippen molar-refractivity contribution in [1.82, 2.24) is 15.1 Å². The minimum atomic E-state index is -4.47. The van der Waals surface area contributed by atoms with Gasteiger partial charge in [-0.2, -0.15) is 18.3 Å². The molecule has 7 nitrogen and oxygen atoms in total. The average molecular weight is 403 g/mol. The summed E-state index contributed by atoms with van der Waals surface area (Å²) in [7, 11) is -3.11. The number of ether oxygens (including phenoxy) is 1. The van der Waals surface area contributed by atoms with Gasteiger partial charge in [-0.25, -0.2) is 13.1 Å². The fraction of sp³-hybridized carbons (Fsp3) is 0.375. The summed E-state index contributed by atoms with van der Waals surface area (Å²) in [4.78, 5) is 12.1. The predicted molar refractivity (Wildman–Crippen MR) is 88.8 cm³/mol. The number of hydrogen-bond donors (Lipinski definition) is 1. The Hall–Kier alpha value is -2.56. The number of rotatable bonds is 5. The van der Waals surface area contributed by atoms with E-state index in [1.165, 1.54) is 29.1 Å². The molecule has 0 bridgehead atoms. The molecule has 1 amide bonds. The number of hydrogen-bond acceptors (Lipinski definition) is 5. The summed E-state index contributed by atoms with van der Waals surface area (Å²) in [5, 5.41) is 6.59. The zero-order valence-electron chi connectivity index (χ0n) is 13.9. The molecule has 0 radical (unpaired) electrons. The molecule has 1 aromatic carbocycles. The number of amides is 1. The van der Waals surface area contributed by atoms with Gasteiger partial charge in [-0.1, -0.05) is 6.07 Å². The van der Waals surface area contributed by atoms with Crippen LogP contribution in [0.4, 0.5) is 13.2 Å². The Kier molecular flexibility index (Phi) is 5.13. The van der Waals surface area contributed by atoms with Crippen molar-refractivity contribution in [2.45, 2.75) is 25.4 Å². The molecule has 0 saturated carbocycles. The van der Waals surface area contributed by atoms with Crippen LogP contribution in [-0.2, 0) is 22.7 Å². The Morgan fingerprint density at radius 3 is 2.78 bits per heavy atom. The van der Waals surface area contributed by atoms with Gasteiger partial charge < -0.3 is 10.1 Å². The molecule has 1 saturated heterocycles. The average Bonchev–Trinajstić information content (AvgIpc) is 3.19. The zero-order valence-corrected chi connectivity index (χ0v) is 14.8. The third-order valence-corrected chi connectivity index (χ3v) is 5.73. The first-order valence-corrected chi connectivity index (χ1v) is 9.79. The predicted octanol–water partition coefficient (Wildman–Crippen LogP) is 1.86. The fourth-order valence-corrected chi connectivity index (χ4v) is 4.30. The Labute approximate surface area is 153 Å². The lowest BCUT2D eigenvalue weighted by Gasteiger charge is -2.10. The molecule has 1 aliphatic heterocycles. The molecule has 1 aromatic heterocycles. The minimum absolute atomic E-state index is 0.0162. The van der Waals surface area contributed by atoms with E-state index >= 15 is 0 Å². The molecule has 2 heterocycles. The summed E-state index contributed by atoms with van der Waals surface area (Å²) >= 11 is 0. The molecule has 11 heteroatoms. The molecular weight excluding hydrogens is 387 g/mol. The van der Waals surface area contributed by atoms with Crippen molar-refractivity contribution in [2.24, 2.45) is 0 Å². The number of nitrogens with one attached hydrogen (secondary N) is 1. The van der Waals surface area contributed by atoms with Crippen molar-refractivity contribution in [1.29, 1.82) is 0 Å². The second-order valence-electron chi connectivity index (χ2n) is 6.11. The van der Waals surface area contributed by atoms with Crippen LogP contribution in [0, 0.1) is 0 Å². The van der Waals surface area contributed by atoms with E-state index in [4.69, 9.17) is 4.74 Å². The maximum Gasteiger partial charge on any atom is 0.416 e. The van der Waals surface area contributed by atoms with Crippen LogP contribution in [0.2, 0.25) is 0 Å². The van der Waals surface area contributed by atoms with Gasteiger partial charge in [0.05, 0.1) is 17.1 Å². The maximum absolute atomic E-state index is 12.7. The number of alkyl halides is 3. The lowest BCUT2D eigenvalue weighted by atomic mass is 10.2. The molecule has 1 fully saturated rings. The summed E-state index contributed by atoms with van der Waals surface area (Å²) in [6.07, 6.45) is -2.68. The van der Waals surface area contributed by atoms with Gasteiger partial charge in [-0.15, -0.1) is 0 Å². The number of carbonyl (C=O) groups is 1. The van der Waals surface area contributed by atoms with Crippen molar-refractivity contribution in [3.05, 3.63) is 47.8 Å². The lowest BCUT2D eigenvalue weighted by Crippen LogP contribution is -2.35. The quantitative estimate of drug-likeness (QED) is 0.823. The summed E-state index contributed by atoms with van der Waals surface area (Å²) in [6, 6.07) is 5.38. The van der Waals surface area contributed by atoms with E-state index < -0.39 is 33.5 Å². The first-order valence-electron chi connectivity index (χ1n) is 7.97. The van der Waals surface area contributed by atoms with Crippen LogP contribution in [-0.4, -0.2) is 41.7 Å². The van der Waals surface area contributed by atoms with Gasteiger partial charge in [0.25, 0.3) is 5.91 Å². The van der Waals surface area contributed by atoms with Crippen LogP contribution in [0.5, 0.6) is 5.75 Å². The third kappa shape index (κ3) is 5.00. The first kappa shape index (κ1) is 19.2. The van der Waals surface area contributed by atoms with Crippen molar-refractivity contribution in [3.8, 4) is 5.75 Å². The monoisotopic (exact) mass is 403 g/mol. The van der Waals surface area contributed by atoms with Crippen LogP contribution in [0.25, 0.3) is 0 Å². The maximum atomic E-state index is 12.7. The first-order chi connectivity index (χ1) is 12.6. The molecule has 3 rings (SSSR count). The topological polar surface area (TPSA) is 90.3 Å². The van der Waals surface area contributed by atoms with Gasteiger partial charge in [0.2, 0.25) is 0 Å². The van der Waals surface area contributed by atoms with E-state index in [2.05, 4.69) is 10.4 Å². The number of nitrogens with zero attached hydrogens (tertiary/aromatic N) is 2. The number of carbonyl (C=O) groups excluding carboxylic acids is 1. The van der Waals surface area contributed by atoms with Gasteiger partial charge in [-0.05, 0) is 30.7 Å². The standard InChI is InChI=1S/C16H16F3N3O4S/c17-16(18,19)11-2-1-3-13(8-11)26-10-22-6-4-14(21-22)15(23)20-12-5-7-27(24,25)9-12/h1-4,6,8,12H,5,7,9-10H2,(H,20,23)/t12-/m0/s1. The second-order valence-corrected chi connectivity index (χ2v) is 8.34. The van der Waals surface area contributed by atoms with Crippen molar-refractivity contribution in [2.75, 3.05) is 11.5 Å². The molecule has 0 spiro atoms. The lowest BCUT2D eigenvalue weighted by molar-refractivity contribution is -0.137. The van der Waals surface area contributed by atoms with Crippen LogP contribution in [0.15, 0.2) is 36.5 Å². The molecule has 1 aliphatic rings. The molecule has 0 aliphatic carbocycles. The molecule has 27 heavy (non-hydrogen) atoms. The SMILES string of the molecule is O=C(N[C@H]1CCS(=O)(=O)C1)c1ccn(COc2cccc(C(F)(F)F)c2)n1. The van der Waals surface area contributed by atoms with Crippen molar-refractivity contribution in [3.63, 3.8) is 0 Å². The van der Waals surface area contributed by atoms with Gasteiger partial charge in [0.15, 0.2) is 16.6 Å². The second kappa shape index (κ2) is 7.22. The Morgan fingerprint density at radius 1 is 1.33 bits per heavy atom. The van der Waals surface area contributed by atoms with E-state index in [0.717, 1.165) is 12.1 Å². The fourth-order valence-electron chi connectivity index (χ4n) is 2.63. The molecule has 146 valence electrons. The Balaban J connectivity index is 1.57. The number of aromatic nitrogens is 2. The molecule has 1 atom stereocenters. The van der Waals surface area contributed by atoms with Gasteiger partial charge in [0.1, 0.15) is 11.4 Å². The van der Waals surface area contributed by atoms with Crippen LogP contribution < -0.4 is 10.1 Å². The molecule has 0 unspecified atom stereocenters. The van der Waals surface area contributed by atoms with E-state index in [-0.39, 0.29) is 29.7 Å². The highest BCUT2D eigenvalue weighted by atomic mass is 32.2. The Morgan fingerprint density at radius 2 is 2.11 bits per heavy atom. The van der Waals surface area contributed by atoms with E-state index in [0.29, 0.717) is 6.42 Å². The van der Waals surface area contributed by atoms with Crippen LogP contribution in [0.3, 0.4) is 0 Å². The third-order valence-electron chi connectivity index (χ3n) is 3.97. The van der Waals surface area contributed by atoms with Gasteiger partial charge >= 0.3 is 6.18 Å². The van der Waals surface area contributed by atoms with Gasteiger partial charge in [0, 0.05) is 12.2 Å². The highest BCUT2D eigenvalue weighted by Crippen LogP contribution is 2.31. The van der Waals surface area contributed by atoms with Crippen LogP contribution >= 0.6 is 0 Å².